The summed E-state index contributed by atoms with van der Waals surface area (Å²) in [6.45, 7) is 2.96. The molecule has 31 heavy (non-hydrogen) atoms. The van der Waals surface area contributed by atoms with Crippen molar-refractivity contribution in [2.45, 2.75) is 31.5 Å². The molecule has 1 fully saturated rings. The van der Waals surface area contributed by atoms with Gasteiger partial charge in [0.2, 0.25) is 0 Å². The van der Waals surface area contributed by atoms with Gasteiger partial charge < -0.3 is 15.0 Å². The Kier molecular flexibility index (Phi) is 4.44. The molecule has 0 unspecified atom stereocenters. The number of anilines is 1. The van der Waals surface area contributed by atoms with Gasteiger partial charge in [-0.2, -0.15) is 13.2 Å². The standard InChI is InChI=1S/C23H21F3N4O/c1-14-5-6-18-17(11-14)19-20(29-18)21(28-13-27-19)30-9-7-22(31,8-10-30)15-3-2-4-16(12-15)23(24,25)26/h2-6,11-13,29,31H,7-10H2,1H3. The highest BCUT2D eigenvalue weighted by Gasteiger charge is 2.37. The van der Waals surface area contributed by atoms with Gasteiger partial charge in [-0.05, 0) is 49.6 Å². The van der Waals surface area contributed by atoms with Crippen molar-refractivity contribution in [3.63, 3.8) is 0 Å². The van der Waals surface area contributed by atoms with E-state index < -0.39 is 17.3 Å². The van der Waals surface area contributed by atoms with Crippen LogP contribution in [0.5, 0.6) is 0 Å². The van der Waals surface area contributed by atoms with Crippen molar-refractivity contribution in [1.29, 1.82) is 0 Å². The maximum atomic E-state index is 13.1. The Morgan fingerprint density at radius 2 is 1.84 bits per heavy atom. The van der Waals surface area contributed by atoms with Gasteiger partial charge in [0, 0.05) is 24.0 Å². The van der Waals surface area contributed by atoms with Gasteiger partial charge >= 0.3 is 6.18 Å². The Hall–Kier alpha value is -3.13. The molecular formula is C23H21F3N4O. The van der Waals surface area contributed by atoms with E-state index in [9.17, 15) is 18.3 Å². The Morgan fingerprint density at radius 1 is 1.06 bits per heavy atom. The number of aromatic nitrogens is 3. The van der Waals surface area contributed by atoms with Crippen LogP contribution in [0.3, 0.4) is 0 Å². The van der Waals surface area contributed by atoms with E-state index in [0.717, 1.165) is 45.5 Å². The fraction of sp³-hybridized carbons (Fsp3) is 0.304. The third kappa shape index (κ3) is 3.40. The Balaban J connectivity index is 1.44. The summed E-state index contributed by atoms with van der Waals surface area (Å²) in [6.07, 6.45) is -2.30. The number of nitrogens with one attached hydrogen (secondary N) is 1. The molecule has 0 saturated carbocycles. The molecule has 0 amide bonds. The maximum Gasteiger partial charge on any atom is 0.416 e. The number of benzene rings is 2. The van der Waals surface area contributed by atoms with Crippen LogP contribution in [0.15, 0.2) is 48.8 Å². The number of piperidine rings is 1. The SMILES string of the molecule is Cc1ccc2[nH]c3c(N4CCC(O)(c5cccc(C(F)(F)F)c5)CC4)ncnc3c2c1. The summed E-state index contributed by atoms with van der Waals surface area (Å²) in [5.74, 6) is 0.741. The molecule has 160 valence electrons. The molecule has 0 radical (unpaired) electrons. The van der Waals surface area contributed by atoms with Crippen molar-refractivity contribution in [3.05, 3.63) is 65.5 Å². The van der Waals surface area contributed by atoms with E-state index in [1.165, 1.54) is 12.4 Å². The van der Waals surface area contributed by atoms with Crippen molar-refractivity contribution in [3.8, 4) is 0 Å². The minimum absolute atomic E-state index is 0.302. The van der Waals surface area contributed by atoms with E-state index in [0.29, 0.717) is 31.5 Å². The predicted molar refractivity (Wildman–Crippen MR) is 113 cm³/mol. The summed E-state index contributed by atoms with van der Waals surface area (Å²) < 4.78 is 39.3. The van der Waals surface area contributed by atoms with Crippen molar-refractivity contribution < 1.29 is 18.3 Å². The first-order valence-electron chi connectivity index (χ1n) is 10.1. The highest BCUT2D eigenvalue weighted by atomic mass is 19.4. The molecule has 5 nitrogen and oxygen atoms in total. The Morgan fingerprint density at radius 3 is 2.58 bits per heavy atom. The average Bonchev–Trinajstić information content (AvgIpc) is 3.12. The number of fused-ring (bicyclic) bond motifs is 3. The second kappa shape index (κ2) is 6.95. The first-order chi connectivity index (χ1) is 14.7. The normalized spacial score (nSPS) is 16.9. The number of halogens is 3. The number of hydrogen-bond acceptors (Lipinski definition) is 4. The van der Waals surface area contributed by atoms with Crippen LogP contribution in [-0.4, -0.2) is 33.1 Å². The number of nitrogens with zero attached hydrogens (tertiary/aromatic N) is 3. The average molecular weight is 426 g/mol. The van der Waals surface area contributed by atoms with Crippen LogP contribution in [-0.2, 0) is 11.8 Å². The summed E-state index contributed by atoms with van der Waals surface area (Å²) >= 11 is 0. The van der Waals surface area contributed by atoms with Crippen molar-refractivity contribution in [1.82, 2.24) is 15.0 Å². The molecule has 0 spiro atoms. The van der Waals surface area contributed by atoms with E-state index >= 15 is 0 Å². The van der Waals surface area contributed by atoms with E-state index in [1.807, 2.05) is 24.0 Å². The minimum atomic E-state index is -4.44. The molecule has 2 aromatic heterocycles. The second-order valence-corrected chi connectivity index (χ2v) is 8.19. The largest absolute Gasteiger partial charge is 0.416 e. The van der Waals surface area contributed by atoms with Gasteiger partial charge in [-0.1, -0.05) is 23.8 Å². The molecule has 2 N–H and O–H groups in total. The monoisotopic (exact) mass is 426 g/mol. The molecule has 0 atom stereocenters. The first-order valence-corrected chi connectivity index (χ1v) is 10.1. The minimum Gasteiger partial charge on any atom is -0.385 e. The zero-order chi connectivity index (χ0) is 21.8. The lowest BCUT2D eigenvalue weighted by molar-refractivity contribution is -0.137. The molecule has 2 aromatic carbocycles. The predicted octanol–water partition coefficient (Wildman–Crippen LogP) is 4.93. The van der Waals surface area contributed by atoms with Gasteiger partial charge in [0.1, 0.15) is 17.4 Å². The quantitative estimate of drug-likeness (QED) is 0.477. The summed E-state index contributed by atoms with van der Waals surface area (Å²) in [6, 6.07) is 11.1. The van der Waals surface area contributed by atoms with Crippen LogP contribution in [0.2, 0.25) is 0 Å². The molecule has 3 heterocycles. The van der Waals surface area contributed by atoms with Crippen molar-refractivity contribution in [2.24, 2.45) is 0 Å². The van der Waals surface area contributed by atoms with Gasteiger partial charge in [-0.25, -0.2) is 9.97 Å². The van der Waals surface area contributed by atoms with Crippen LogP contribution in [0.4, 0.5) is 19.0 Å². The maximum absolute atomic E-state index is 13.1. The van der Waals surface area contributed by atoms with Gasteiger partial charge in [-0.3, -0.25) is 0 Å². The molecule has 4 aromatic rings. The van der Waals surface area contributed by atoms with Gasteiger partial charge in [-0.15, -0.1) is 0 Å². The summed E-state index contributed by atoms with van der Waals surface area (Å²) in [5.41, 5.74) is 2.02. The van der Waals surface area contributed by atoms with E-state index in [4.69, 9.17) is 0 Å². The lowest BCUT2D eigenvalue weighted by atomic mass is 9.83. The van der Waals surface area contributed by atoms with Crippen molar-refractivity contribution >= 4 is 27.8 Å². The van der Waals surface area contributed by atoms with Crippen LogP contribution >= 0.6 is 0 Å². The van der Waals surface area contributed by atoms with E-state index in [-0.39, 0.29) is 0 Å². The fourth-order valence-electron chi connectivity index (χ4n) is 4.40. The highest BCUT2D eigenvalue weighted by molar-refractivity contribution is 6.08. The summed E-state index contributed by atoms with van der Waals surface area (Å²) in [5, 5.41) is 12.1. The van der Waals surface area contributed by atoms with Crippen LogP contribution in [0, 0.1) is 6.92 Å². The van der Waals surface area contributed by atoms with Gasteiger partial charge in [0.15, 0.2) is 5.82 Å². The number of alkyl halides is 3. The third-order valence-corrected chi connectivity index (χ3v) is 6.13. The summed E-state index contributed by atoms with van der Waals surface area (Å²) in [7, 11) is 0. The van der Waals surface area contributed by atoms with Crippen LogP contribution < -0.4 is 4.90 Å². The third-order valence-electron chi connectivity index (χ3n) is 6.13. The molecule has 1 aliphatic rings. The number of H-pyrrole nitrogens is 1. The van der Waals surface area contributed by atoms with Gasteiger partial charge in [0.05, 0.1) is 11.2 Å². The molecule has 8 heteroatoms. The number of aromatic amines is 1. The number of aliphatic hydroxyl groups is 1. The molecule has 5 rings (SSSR count). The summed E-state index contributed by atoms with van der Waals surface area (Å²) in [4.78, 5) is 14.4. The van der Waals surface area contributed by atoms with E-state index in [2.05, 4.69) is 21.0 Å². The van der Waals surface area contributed by atoms with E-state index in [1.54, 1.807) is 6.07 Å². The second-order valence-electron chi connectivity index (χ2n) is 8.19. The smallest absolute Gasteiger partial charge is 0.385 e. The first kappa shape index (κ1) is 19.8. The lowest BCUT2D eigenvalue weighted by Crippen LogP contribution is -2.43. The van der Waals surface area contributed by atoms with Gasteiger partial charge in [0.25, 0.3) is 0 Å². The number of rotatable bonds is 2. The number of hydrogen-bond donors (Lipinski definition) is 2. The molecule has 0 bridgehead atoms. The Labute approximate surface area is 176 Å². The molecular weight excluding hydrogens is 405 g/mol. The topological polar surface area (TPSA) is 65.0 Å². The molecule has 1 saturated heterocycles. The fourth-order valence-corrected chi connectivity index (χ4v) is 4.40. The lowest BCUT2D eigenvalue weighted by Gasteiger charge is -2.39. The van der Waals surface area contributed by atoms with Crippen LogP contribution in [0.25, 0.3) is 21.9 Å². The molecule has 1 aliphatic heterocycles. The zero-order valence-electron chi connectivity index (χ0n) is 16.9. The molecule has 0 aliphatic carbocycles. The van der Waals surface area contributed by atoms with Crippen molar-refractivity contribution in [2.75, 3.05) is 18.0 Å². The van der Waals surface area contributed by atoms with Crippen LogP contribution in [0.1, 0.15) is 29.5 Å². The zero-order valence-corrected chi connectivity index (χ0v) is 16.9. The highest BCUT2D eigenvalue weighted by Crippen LogP contribution is 2.38. The Bertz CT molecular complexity index is 1270. The number of aryl methyl sites for hydroxylation is 1.